The van der Waals surface area contributed by atoms with Crippen molar-refractivity contribution in [2.45, 2.75) is 25.3 Å². The number of hydrogen-bond acceptors (Lipinski definition) is 4. The van der Waals surface area contributed by atoms with Gasteiger partial charge in [-0.1, -0.05) is 0 Å². The van der Waals surface area contributed by atoms with Gasteiger partial charge in [0.25, 0.3) is 11.6 Å². The van der Waals surface area contributed by atoms with Crippen LogP contribution < -0.4 is 5.32 Å². The van der Waals surface area contributed by atoms with Crippen molar-refractivity contribution in [3.8, 4) is 0 Å². The molecule has 0 aromatic heterocycles. The number of likely N-dealkylation sites (tertiary alicyclic amines) is 1. The minimum atomic E-state index is -0.466. The predicted molar refractivity (Wildman–Crippen MR) is 74.8 cm³/mol. The number of carbonyl (C=O) groups is 1. The SMILES string of the molecule is CNc1ccc([N+](=O)[O-])cc1C(=O)N1CC2CCC1C2. The topological polar surface area (TPSA) is 75.5 Å². The Labute approximate surface area is 116 Å². The third kappa shape index (κ3) is 2.01. The quantitative estimate of drug-likeness (QED) is 0.678. The molecule has 2 unspecified atom stereocenters. The van der Waals surface area contributed by atoms with Crippen molar-refractivity contribution in [2.24, 2.45) is 5.92 Å². The third-order valence-electron chi connectivity index (χ3n) is 4.38. The molecular weight excluding hydrogens is 258 g/mol. The number of piperidine rings is 1. The molecule has 2 aliphatic rings. The van der Waals surface area contributed by atoms with Gasteiger partial charge >= 0.3 is 0 Å². The van der Waals surface area contributed by atoms with Crippen LogP contribution in [0.15, 0.2) is 18.2 Å². The van der Waals surface area contributed by atoms with Gasteiger partial charge in [-0.05, 0) is 31.2 Å². The number of nitro groups is 1. The zero-order chi connectivity index (χ0) is 14.3. The molecule has 0 spiro atoms. The zero-order valence-electron chi connectivity index (χ0n) is 11.3. The van der Waals surface area contributed by atoms with Crippen molar-refractivity contribution in [2.75, 3.05) is 18.9 Å². The van der Waals surface area contributed by atoms with Crippen molar-refractivity contribution >= 4 is 17.3 Å². The minimum absolute atomic E-state index is 0.0447. The summed E-state index contributed by atoms with van der Waals surface area (Å²) in [6, 6.07) is 4.70. The van der Waals surface area contributed by atoms with Crippen molar-refractivity contribution < 1.29 is 9.72 Å². The molecule has 1 aliphatic carbocycles. The van der Waals surface area contributed by atoms with Gasteiger partial charge in [-0.25, -0.2) is 0 Å². The summed E-state index contributed by atoms with van der Waals surface area (Å²) in [6.45, 7) is 0.787. The van der Waals surface area contributed by atoms with Gasteiger partial charge in [0.15, 0.2) is 0 Å². The van der Waals surface area contributed by atoms with E-state index in [0.717, 1.165) is 19.4 Å². The lowest BCUT2D eigenvalue weighted by molar-refractivity contribution is -0.384. The van der Waals surface area contributed by atoms with E-state index in [9.17, 15) is 14.9 Å². The van der Waals surface area contributed by atoms with Crippen LogP contribution in [0.1, 0.15) is 29.6 Å². The van der Waals surface area contributed by atoms with Gasteiger partial charge in [-0.2, -0.15) is 0 Å². The average Bonchev–Trinajstić information content (AvgIpc) is 3.08. The number of rotatable bonds is 3. The molecular formula is C14H17N3O3. The van der Waals surface area contributed by atoms with E-state index in [-0.39, 0.29) is 11.6 Å². The van der Waals surface area contributed by atoms with E-state index in [4.69, 9.17) is 0 Å². The van der Waals surface area contributed by atoms with E-state index in [1.54, 1.807) is 13.1 Å². The first kappa shape index (κ1) is 12.9. The predicted octanol–water partition coefficient (Wildman–Crippen LogP) is 2.26. The van der Waals surface area contributed by atoms with Gasteiger partial charge in [0.05, 0.1) is 10.5 Å². The van der Waals surface area contributed by atoms with Crippen molar-refractivity contribution in [1.82, 2.24) is 4.90 Å². The molecule has 1 aliphatic heterocycles. The fourth-order valence-corrected chi connectivity index (χ4v) is 3.37. The zero-order valence-corrected chi connectivity index (χ0v) is 11.3. The number of fused-ring (bicyclic) bond motifs is 2. The lowest BCUT2D eigenvalue weighted by Gasteiger charge is -2.27. The molecule has 1 amide bonds. The molecule has 1 aromatic rings. The van der Waals surface area contributed by atoms with Crippen LogP contribution in [0.4, 0.5) is 11.4 Å². The fourth-order valence-electron chi connectivity index (χ4n) is 3.37. The van der Waals surface area contributed by atoms with Crippen LogP contribution in [-0.4, -0.2) is 35.4 Å². The number of carbonyl (C=O) groups excluding carboxylic acids is 1. The van der Waals surface area contributed by atoms with Gasteiger partial charge in [0.2, 0.25) is 0 Å². The standard InChI is InChI=1S/C14H17N3O3/c1-15-13-5-4-11(17(19)20)7-12(13)14(18)16-8-9-2-3-10(16)6-9/h4-5,7,9-10,15H,2-3,6,8H2,1H3. The summed E-state index contributed by atoms with van der Waals surface area (Å²) in [7, 11) is 1.72. The van der Waals surface area contributed by atoms with Gasteiger partial charge in [0.1, 0.15) is 0 Å². The second-order valence-electron chi connectivity index (χ2n) is 5.53. The second kappa shape index (κ2) is 4.77. The molecule has 2 atom stereocenters. The smallest absolute Gasteiger partial charge is 0.270 e. The number of non-ortho nitro benzene ring substituents is 1. The summed E-state index contributed by atoms with van der Waals surface area (Å²) >= 11 is 0. The Hall–Kier alpha value is -2.11. The number of amides is 1. The minimum Gasteiger partial charge on any atom is -0.387 e. The average molecular weight is 275 g/mol. The van der Waals surface area contributed by atoms with Crippen LogP contribution in [0.2, 0.25) is 0 Å². The number of nitro benzene ring substituents is 1. The summed E-state index contributed by atoms with van der Waals surface area (Å²) in [6.07, 6.45) is 3.33. The molecule has 1 heterocycles. The maximum Gasteiger partial charge on any atom is 0.270 e. The molecule has 1 aromatic carbocycles. The van der Waals surface area contributed by atoms with Crippen molar-refractivity contribution in [1.29, 1.82) is 0 Å². The van der Waals surface area contributed by atoms with Crippen LogP contribution in [0, 0.1) is 16.0 Å². The number of anilines is 1. The Morgan fingerprint density at radius 1 is 1.45 bits per heavy atom. The van der Waals surface area contributed by atoms with E-state index >= 15 is 0 Å². The Kier molecular flexibility index (Phi) is 3.08. The highest BCUT2D eigenvalue weighted by atomic mass is 16.6. The summed E-state index contributed by atoms with van der Waals surface area (Å²) < 4.78 is 0. The number of nitrogens with zero attached hydrogens (tertiary/aromatic N) is 2. The summed E-state index contributed by atoms with van der Waals surface area (Å²) in [5.41, 5.74) is 0.995. The highest BCUT2D eigenvalue weighted by Crippen LogP contribution is 2.39. The van der Waals surface area contributed by atoms with Crippen LogP contribution in [-0.2, 0) is 0 Å². The van der Waals surface area contributed by atoms with Crippen LogP contribution in [0.5, 0.6) is 0 Å². The maximum atomic E-state index is 12.7. The Bertz CT molecular complexity index is 573. The fraction of sp³-hybridized carbons (Fsp3) is 0.500. The highest BCUT2D eigenvalue weighted by Gasteiger charge is 2.41. The molecule has 6 nitrogen and oxygen atoms in total. The number of nitrogens with one attached hydrogen (secondary N) is 1. The molecule has 2 fully saturated rings. The van der Waals surface area contributed by atoms with Crippen molar-refractivity contribution in [3.05, 3.63) is 33.9 Å². The van der Waals surface area contributed by atoms with Crippen LogP contribution in [0.25, 0.3) is 0 Å². The maximum absolute atomic E-state index is 12.7. The normalized spacial score (nSPS) is 23.9. The molecule has 20 heavy (non-hydrogen) atoms. The third-order valence-corrected chi connectivity index (χ3v) is 4.38. The van der Waals surface area contributed by atoms with E-state index in [1.807, 2.05) is 4.90 Å². The van der Waals surface area contributed by atoms with Crippen LogP contribution >= 0.6 is 0 Å². The van der Waals surface area contributed by atoms with E-state index in [1.165, 1.54) is 18.6 Å². The van der Waals surface area contributed by atoms with Gasteiger partial charge in [0, 0.05) is 37.5 Å². The lowest BCUT2D eigenvalue weighted by Crippen LogP contribution is -2.37. The first-order valence-corrected chi connectivity index (χ1v) is 6.87. The summed E-state index contributed by atoms with van der Waals surface area (Å²) in [4.78, 5) is 25.0. The monoisotopic (exact) mass is 275 g/mol. The van der Waals surface area contributed by atoms with Crippen molar-refractivity contribution in [3.63, 3.8) is 0 Å². The van der Waals surface area contributed by atoms with E-state index in [2.05, 4.69) is 5.32 Å². The van der Waals surface area contributed by atoms with Gasteiger partial charge < -0.3 is 10.2 Å². The molecule has 1 N–H and O–H groups in total. The molecule has 6 heteroatoms. The molecule has 2 bridgehead atoms. The number of hydrogen-bond donors (Lipinski definition) is 1. The summed E-state index contributed by atoms with van der Waals surface area (Å²) in [5.74, 6) is 0.519. The molecule has 3 rings (SSSR count). The Morgan fingerprint density at radius 2 is 2.25 bits per heavy atom. The molecule has 1 saturated carbocycles. The summed E-state index contributed by atoms with van der Waals surface area (Å²) in [5, 5.41) is 13.8. The first-order chi connectivity index (χ1) is 9.60. The highest BCUT2D eigenvalue weighted by molar-refractivity contribution is 6.00. The molecule has 0 radical (unpaired) electrons. The Balaban J connectivity index is 1.93. The Morgan fingerprint density at radius 3 is 2.80 bits per heavy atom. The lowest BCUT2D eigenvalue weighted by atomic mass is 10.1. The van der Waals surface area contributed by atoms with E-state index in [0.29, 0.717) is 23.2 Å². The van der Waals surface area contributed by atoms with Gasteiger partial charge in [-0.3, -0.25) is 14.9 Å². The van der Waals surface area contributed by atoms with Crippen LogP contribution in [0.3, 0.4) is 0 Å². The van der Waals surface area contributed by atoms with Gasteiger partial charge in [-0.15, -0.1) is 0 Å². The van der Waals surface area contributed by atoms with E-state index < -0.39 is 4.92 Å². The molecule has 1 saturated heterocycles. The number of benzene rings is 1. The molecule has 106 valence electrons. The largest absolute Gasteiger partial charge is 0.387 e. The second-order valence-corrected chi connectivity index (χ2v) is 5.53. The first-order valence-electron chi connectivity index (χ1n) is 6.87.